The molecular weight excluding hydrogens is 245 g/mol. The highest BCUT2D eigenvalue weighted by Gasteiger charge is 2.31. The highest BCUT2D eigenvalue weighted by Crippen LogP contribution is 2.35. The lowest BCUT2D eigenvalue weighted by atomic mass is 10.1. The number of benzene rings is 1. The summed E-state index contributed by atoms with van der Waals surface area (Å²) in [6, 6.07) is 3.22. The van der Waals surface area contributed by atoms with Crippen molar-refractivity contribution in [2.75, 3.05) is 10.6 Å². The van der Waals surface area contributed by atoms with Crippen LogP contribution in [0.15, 0.2) is 12.1 Å². The Hall–Kier alpha value is -1.78. The van der Waals surface area contributed by atoms with Gasteiger partial charge < -0.3 is 16.4 Å². The summed E-state index contributed by atoms with van der Waals surface area (Å²) in [7, 11) is 0. The zero-order valence-electron chi connectivity index (χ0n) is 11.3. The number of anilines is 2. The van der Waals surface area contributed by atoms with Crippen molar-refractivity contribution in [2.24, 2.45) is 5.73 Å². The van der Waals surface area contributed by atoms with Gasteiger partial charge in [0.2, 0.25) is 0 Å². The number of nitrogen functional groups attached to an aromatic ring is 1. The maximum absolute atomic E-state index is 14.2. The first-order chi connectivity index (χ1) is 8.95. The molecule has 1 amide bonds. The van der Waals surface area contributed by atoms with Gasteiger partial charge in [0.15, 0.2) is 0 Å². The minimum atomic E-state index is -0.626. The van der Waals surface area contributed by atoms with Crippen LogP contribution in [0.5, 0.6) is 0 Å². The molecule has 1 fully saturated rings. The SMILES string of the molecule is CCC1CCC(C)N1c1cc(C(N)=O)c(N)cc1F. The Morgan fingerprint density at radius 3 is 2.74 bits per heavy atom. The van der Waals surface area contributed by atoms with Gasteiger partial charge in [-0.05, 0) is 38.3 Å². The van der Waals surface area contributed by atoms with E-state index in [9.17, 15) is 9.18 Å². The summed E-state index contributed by atoms with van der Waals surface area (Å²) in [6.45, 7) is 4.15. The van der Waals surface area contributed by atoms with Gasteiger partial charge in [0, 0.05) is 17.8 Å². The van der Waals surface area contributed by atoms with Gasteiger partial charge in [-0.1, -0.05) is 6.92 Å². The predicted octanol–water partition coefficient (Wildman–Crippen LogP) is 2.27. The number of primary amides is 1. The van der Waals surface area contributed by atoms with E-state index in [0.717, 1.165) is 19.3 Å². The van der Waals surface area contributed by atoms with E-state index in [-0.39, 0.29) is 17.3 Å². The van der Waals surface area contributed by atoms with Crippen molar-refractivity contribution in [1.82, 2.24) is 0 Å². The molecule has 2 atom stereocenters. The van der Waals surface area contributed by atoms with Crippen LogP contribution in [-0.4, -0.2) is 18.0 Å². The Balaban J connectivity index is 2.49. The highest BCUT2D eigenvalue weighted by molar-refractivity contribution is 5.99. The van der Waals surface area contributed by atoms with Gasteiger partial charge in [0.1, 0.15) is 5.82 Å². The number of amides is 1. The monoisotopic (exact) mass is 265 g/mol. The van der Waals surface area contributed by atoms with Gasteiger partial charge in [0.05, 0.1) is 11.3 Å². The third-order valence-corrected chi connectivity index (χ3v) is 3.92. The van der Waals surface area contributed by atoms with Crippen LogP contribution in [0.4, 0.5) is 15.8 Å². The van der Waals surface area contributed by atoms with E-state index in [2.05, 4.69) is 13.8 Å². The number of nitrogens with two attached hydrogens (primary N) is 2. The number of nitrogens with zero attached hydrogens (tertiary/aromatic N) is 1. The van der Waals surface area contributed by atoms with Gasteiger partial charge in [-0.25, -0.2) is 4.39 Å². The molecule has 4 N–H and O–H groups in total. The maximum Gasteiger partial charge on any atom is 0.250 e. The number of carbonyl (C=O) groups is 1. The van der Waals surface area contributed by atoms with E-state index < -0.39 is 11.7 Å². The first-order valence-corrected chi connectivity index (χ1v) is 6.62. The summed E-state index contributed by atoms with van der Waals surface area (Å²) in [6.07, 6.45) is 3.00. The van der Waals surface area contributed by atoms with Crippen molar-refractivity contribution in [3.63, 3.8) is 0 Å². The van der Waals surface area contributed by atoms with Crippen molar-refractivity contribution in [1.29, 1.82) is 0 Å². The average molecular weight is 265 g/mol. The summed E-state index contributed by atoms with van der Waals surface area (Å²) in [5, 5.41) is 0. The van der Waals surface area contributed by atoms with Gasteiger partial charge in [-0.3, -0.25) is 4.79 Å². The fraction of sp³-hybridized carbons (Fsp3) is 0.500. The summed E-state index contributed by atoms with van der Waals surface area (Å²) in [5.41, 5.74) is 11.6. The number of hydrogen-bond acceptors (Lipinski definition) is 3. The molecule has 1 aliphatic heterocycles. The Kier molecular flexibility index (Phi) is 3.64. The third-order valence-electron chi connectivity index (χ3n) is 3.92. The third kappa shape index (κ3) is 2.37. The van der Waals surface area contributed by atoms with Crippen molar-refractivity contribution in [2.45, 2.75) is 45.2 Å². The molecule has 1 heterocycles. The van der Waals surface area contributed by atoms with Crippen LogP contribution in [0.2, 0.25) is 0 Å². The summed E-state index contributed by atoms with van der Waals surface area (Å²) >= 11 is 0. The van der Waals surface area contributed by atoms with Crippen molar-refractivity contribution in [3.05, 3.63) is 23.5 Å². The maximum atomic E-state index is 14.2. The zero-order chi connectivity index (χ0) is 14.2. The van der Waals surface area contributed by atoms with Crippen LogP contribution in [0.1, 0.15) is 43.5 Å². The lowest BCUT2D eigenvalue weighted by Gasteiger charge is -2.31. The molecule has 1 aromatic rings. The number of hydrogen-bond donors (Lipinski definition) is 2. The quantitative estimate of drug-likeness (QED) is 0.823. The predicted molar refractivity (Wildman–Crippen MR) is 74.6 cm³/mol. The molecule has 1 aliphatic rings. The lowest BCUT2D eigenvalue weighted by Crippen LogP contribution is -2.35. The number of rotatable bonds is 3. The Morgan fingerprint density at radius 1 is 1.47 bits per heavy atom. The Bertz CT molecular complexity index is 504. The molecule has 0 saturated carbocycles. The van der Waals surface area contributed by atoms with E-state index in [1.165, 1.54) is 12.1 Å². The van der Waals surface area contributed by atoms with Crippen LogP contribution in [0.3, 0.4) is 0 Å². The minimum absolute atomic E-state index is 0.0913. The molecule has 19 heavy (non-hydrogen) atoms. The second-order valence-corrected chi connectivity index (χ2v) is 5.15. The van der Waals surface area contributed by atoms with E-state index in [1.807, 2.05) is 4.90 Å². The van der Waals surface area contributed by atoms with Crippen LogP contribution in [0.25, 0.3) is 0 Å². The molecule has 4 nitrogen and oxygen atoms in total. The average Bonchev–Trinajstić information content (AvgIpc) is 2.70. The van der Waals surface area contributed by atoms with E-state index in [1.54, 1.807) is 0 Å². The number of carbonyl (C=O) groups excluding carboxylic acids is 1. The zero-order valence-corrected chi connectivity index (χ0v) is 11.3. The number of halogens is 1. The van der Waals surface area contributed by atoms with Crippen molar-refractivity contribution in [3.8, 4) is 0 Å². The summed E-state index contributed by atoms with van der Waals surface area (Å²) in [4.78, 5) is 13.4. The topological polar surface area (TPSA) is 72.3 Å². The molecule has 1 aromatic carbocycles. The fourth-order valence-electron chi connectivity index (χ4n) is 2.90. The first kappa shape index (κ1) is 13.6. The normalized spacial score (nSPS) is 22.8. The standard InChI is InChI=1S/C14H20FN3O/c1-3-9-5-4-8(2)18(9)13-6-10(14(17)19)12(16)7-11(13)15/h6-9H,3-5,16H2,1-2H3,(H2,17,19). The van der Waals surface area contributed by atoms with Gasteiger partial charge in [-0.15, -0.1) is 0 Å². The summed E-state index contributed by atoms with van der Waals surface area (Å²) in [5.74, 6) is -1.02. The van der Waals surface area contributed by atoms with Crippen molar-refractivity contribution >= 4 is 17.3 Å². The molecule has 0 aliphatic carbocycles. The molecule has 2 unspecified atom stereocenters. The molecule has 2 rings (SSSR count). The summed E-state index contributed by atoms with van der Waals surface area (Å²) < 4.78 is 14.2. The second kappa shape index (κ2) is 5.07. The van der Waals surface area contributed by atoms with E-state index in [4.69, 9.17) is 11.5 Å². The smallest absolute Gasteiger partial charge is 0.250 e. The molecule has 0 radical (unpaired) electrons. The molecule has 5 heteroatoms. The largest absolute Gasteiger partial charge is 0.398 e. The van der Waals surface area contributed by atoms with E-state index >= 15 is 0 Å². The fourth-order valence-corrected chi connectivity index (χ4v) is 2.90. The Labute approximate surface area is 112 Å². The van der Waals surface area contributed by atoms with Crippen LogP contribution >= 0.6 is 0 Å². The minimum Gasteiger partial charge on any atom is -0.398 e. The van der Waals surface area contributed by atoms with Gasteiger partial charge in [0.25, 0.3) is 5.91 Å². The van der Waals surface area contributed by atoms with Gasteiger partial charge in [-0.2, -0.15) is 0 Å². The molecule has 0 bridgehead atoms. The second-order valence-electron chi connectivity index (χ2n) is 5.15. The van der Waals surface area contributed by atoms with E-state index in [0.29, 0.717) is 11.7 Å². The van der Waals surface area contributed by atoms with Crippen LogP contribution < -0.4 is 16.4 Å². The first-order valence-electron chi connectivity index (χ1n) is 6.62. The lowest BCUT2D eigenvalue weighted by molar-refractivity contribution is 0.100. The molecule has 0 aromatic heterocycles. The molecule has 1 saturated heterocycles. The van der Waals surface area contributed by atoms with Crippen LogP contribution in [0, 0.1) is 5.82 Å². The van der Waals surface area contributed by atoms with Gasteiger partial charge >= 0.3 is 0 Å². The Morgan fingerprint density at radius 2 is 2.16 bits per heavy atom. The molecule has 0 spiro atoms. The molecular formula is C14H20FN3O. The molecule has 104 valence electrons. The highest BCUT2D eigenvalue weighted by atomic mass is 19.1. The van der Waals surface area contributed by atoms with Crippen molar-refractivity contribution < 1.29 is 9.18 Å². The van der Waals surface area contributed by atoms with Crippen LogP contribution in [-0.2, 0) is 0 Å².